The van der Waals surface area contributed by atoms with Crippen LogP contribution in [-0.2, 0) is 14.3 Å². The maximum absolute atomic E-state index is 12.0. The van der Waals surface area contributed by atoms with Crippen molar-refractivity contribution in [2.75, 3.05) is 33.9 Å². The summed E-state index contributed by atoms with van der Waals surface area (Å²) in [7, 11) is 3.37. The number of piperidine rings is 1. The smallest absolute Gasteiger partial charge is 0.222 e. The van der Waals surface area contributed by atoms with Gasteiger partial charge in [-0.05, 0) is 19.3 Å². The first-order chi connectivity index (χ1) is 8.22. The first kappa shape index (κ1) is 14.4. The van der Waals surface area contributed by atoms with Crippen LogP contribution in [0.3, 0.4) is 0 Å². The van der Waals surface area contributed by atoms with E-state index in [2.05, 4.69) is 0 Å². The van der Waals surface area contributed by atoms with E-state index >= 15 is 0 Å². The summed E-state index contributed by atoms with van der Waals surface area (Å²) >= 11 is 0. The summed E-state index contributed by atoms with van der Waals surface area (Å²) in [6.07, 6.45) is 3.32. The zero-order chi connectivity index (χ0) is 12.7. The third kappa shape index (κ3) is 4.26. The highest BCUT2D eigenvalue weighted by atomic mass is 16.5. The number of methoxy groups -OCH3 is 2. The maximum atomic E-state index is 12.0. The fourth-order valence-electron chi connectivity index (χ4n) is 2.29. The first-order valence-corrected chi connectivity index (χ1v) is 6.24. The largest absolute Gasteiger partial charge is 0.385 e. The second kappa shape index (κ2) is 7.63. The van der Waals surface area contributed by atoms with Gasteiger partial charge in [-0.2, -0.15) is 0 Å². The molecule has 1 rings (SSSR count). The van der Waals surface area contributed by atoms with Gasteiger partial charge in [-0.3, -0.25) is 4.79 Å². The topological polar surface area (TPSA) is 64.8 Å². The molecule has 0 spiro atoms. The minimum Gasteiger partial charge on any atom is -0.385 e. The van der Waals surface area contributed by atoms with Crippen LogP contribution in [0.1, 0.15) is 25.7 Å². The lowest BCUT2D eigenvalue weighted by Crippen LogP contribution is -2.51. The molecular formula is C12H24N2O3. The number of carbonyl (C=O) groups is 1. The molecule has 0 aliphatic carbocycles. The lowest BCUT2D eigenvalue weighted by Gasteiger charge is -2.38. The Balaban J connectivity index is 2.43. The Morgan fingerprint density at radius 2 is 2.24 bits per heavy atom. The molecule has 0 radical (unpaired) electrons. The standard InChI is InChI=1S/C12H24N2O3/c1-16-7-3-4-12(15)14-6-5-11(17-2)8-10(14)9-13/h10-11H,3-9,13H2,1-2H3. The SMILES string of the molecule is COCCCC(=O)N1CCC(OC)CC1CN. The minimum absolute atomic E-state index is 0.128. The van der Waals surface area contributed by atoms with Crippen LogP contribution >= 0.6 is 0 Å². The predicted octanol–water partition coefficient (Wildman–Crippen LogP) is 0.378. The summed E-state index contributed by atoms with van der Waals surface area (Å²) in [5.41, 5.74) is 5.73. The Morgan fingerprint density at radius 3 is 2.82 bits per heavy atom. The molecule has 0 aromatic rings. The number of hydrogen-bond donors (Lipinski definition) is 1. The van der Waals surface area contributed by atoms with Crippen molar-refractivity contribution in [1.29, 1.82) is 0 Å². The van der Waals surface area contributed by atoms with Gasteiger partial charge >= 0.3 is 0 Å². The van der Waals surface area contributed by atoms with Crippen LogP contribution in [0.4, 0.5) is 0 Å². The normalized spacial score (nSPS) is 25.0. The van der Waals surface area contributed by atoms with Crippen molar-refractivity contribution < 1.29 is 14.3 Å². The molecule has 5 nitrogen and oxygen atoms in total. The molecule has 1 aliphatic rings. The summed E-state index contributed by atoms with van der Waals surface area (Å²) in [4.78, 5) is 13.9. The molecule has 17 heavy (non-hydrogen) atoms. The van der Waals surface area contributed by atoms with Gasteiger partial charge in [0.15, 0.2) is 0 Å². The van der Waals surface area contributed by atoms with Crippen LogP contribution in [0, 0.1) is 0 Å². The molecule has 1 amide bonds. The third-order valence-corrected chi connectivity index (χ3v) is 3.33. The molecule has 5 heteroatoms. The minimum atomic E-state index is 0.128. The van der Waals surface area contributed by atoms with Gasteiger partial charge in [-0.1, -0.05) is 0 Å². The number of carbonyl (C=O) groups excluding carboxylic acids is 1. The van der Waals surface area contributed by atoms with Crippen LogP contribution in [0.25, 0.3) is 0 Å². The fourth-order valence-corrected chi connectivity index (χ4v) is 2.29. The highest BCUT2D eigenvalue weighted by Crippen LogP contribution is 2.20. The van der Waals surface area contributed by atoms with Gasteiger partial charge in [0.2, 0.25) is 5.91 Å². The lowest BCUT2D eigenvalue weighted by atomic mass is 9.98. The van der Waals surface area contributed by atoms with Gasteiger partial charge in [0.1, 0.15) is 0 Å². The van der Waals surface area contributed by atoms with E-state index in [9.17, 15) is 4.79 Å². The maximum Gasteiger partial charge on any atom is 0.222 e. The Hall–Kier alpha value is -0.650. The van der Waals surface area contributed by atoms with Gasteiger partial charge in [0.25, 0.3) is 0 Å². The van der Waals surface area contributed by atoms with Crippen molar-refractivity contribution in [2.24, 2.45) is 5.73 Å². The fraction of sp³-hybridized carbons (Fsp3) is 0.917. The zero-order valence-electron chi connectivity index (χ0n) is 10.9. The van der Waals surface area contributed by atoms with Crippen molar-refractivity contribution in [2.45, 2.75) is 37.8 Å². The summed E-state index contributed by atoms with van der Waals surface area (Å²) in [5.74, 6) is 0.187. The highest BCUT2D eigenvalue weighted by Gasteiger charge is 2.30. The Kier molecular flexibility index (Phi) is 6.47. The molecule has 1 saturated heterocycles. The second-order valence-corrected chi connectivity index (χ2v) is 4.46. The van der Waals surface area contributed by atoms with E-state index in [1.54, 1.807) is 14.2 Å². The molecule has 1 fully saturated rings. The van der Waals surface area contributed by atoms with Crippen LogP contribution in [0.15, 0.2) is 0 Å². The molecule has 0 aromatic carbocycles. The van der Waals surface area contributed by atoms with E-state index in [1.165, 1.54) is 0 Å². The zero-order valence-corrected chi connectivity index (χ0v) is 10.9. The van der Waals surface area contributed by atoms with Crippen LogP contribution in [0.2, 0.25) is 0 Å². The molecule has 0 bridgehead atoms. The van der Waals surface area contributed by atoms with Crippen molar-refractivity contribution in [3.8, 4) is 0 Å². The molecule has 2 unspecified atom stereocenters. The number of nitrogens with zero attached hydrogens (tertiary/aromatic N) is 1. The van der Waals surface area contributed by atoms with E-state index < -0.39 is 0 Å². The molecule has 2 N–H and O–H groups in total. The molecule has 0 aromatic heterocycles. The number of nitrogens with two attached hydrogens (primary N) is 1. The van der Waals surface area contributed by atoms with Gasteiger partial charge in [0.05, 0.1) is 6.10 Å². The van der Waals surface area contributed by atoms with Gasteiger partial charge < -0.3 is 20.1 Å². The lowest BCUT2D eigenvalue weighted by molar-refractivity contribution is -0.137. The number of hydrogen-bond acceptors (Lipinski definition) is 4. The van der Waals surface area contributed by atoms with E-state index in [1.807, 2.05) is 4.90 Å². The average molecular weight is 244 g/mol. The van der Waals surface area contributed by atoms with Crippen molar-refractivity contribution in [1.82, 2.24) is 4.90 Å². The number of rotatable bonds is 6. The first-order valence-electron chi connectivity index (χ1n) is 6.24. The second-order valence-electron chi connectivity index (χ2n) is 4.46. The number of amides is 1. The monoisotopic (exact) mass is 244 g/mol. The van der Waals surface area contributed by atoms with Crippen molar-refractivity contribution in [3.63, 3.8) is 0 Å². The molecule has 1 aliphatic heterocycles. The molecule has 2 atom stereocenters. The Morgan fingerprint density at radius 1 is 1.47 bits per heavy atom. The van der Waals surface area contributed by atoms with Gasteiger partial charge in [0, 0.05) is 46.4 Å². The highest BCUT2D eigenvalue weighted by molar-refractivity contribution is 5.76. The van der Waals surface area contributed by atoms with Gasteiger partial charge in [-0.25, -0.2) is 0 Å². The Labute approximate surface area is 103 Å². The van der Waals surface area contributed by atoms with Crippen molar-refractivity contribution in [3.05, 3.63) is 0 Å². The number of likely N-dealkylation sites (tertiary alicyclic amines) is 1. The Bertz CT molecular complexity index is 236. The predicted molar refractivity (Wildman–Crippen MR) is 65.7 cm³/mol. The van der Waals surface area contributed by atoms with Crippen LogP contribution < -0.4 is 5.73 Å². The van der Waals surface area contributed by atoms with E-state index in [4.69, 9.17) is 15.2 Å². The van der Waals surface area contributed by atoms with Crippen LogP contribution in [0.5, 0.6) is 0 Å². The third-order valence-electron chi connectivity index (χ3n) is 3.33. The molecular weight excluding hydrogens is 220 g/mol. The van der Waals surface area contributed by atoms with E-state index in [0.717, 1.165) is 25.8 Å². The van der Waals surface area contributed by atoms with E-state index in [-0.39, 0.29) is 18.1 Å². The number of ether oxygens (including phenoxy) is 2. The summed E-state index contributed by atoms with van der Waals surface area (Å²) in [6, 6.07) is 0.128. The van der Waals surface area contributed by atoms with Gasteiger partial charge in [-0.15, -0.1) is 0 Å². The molecule has 100 valence electrons. The average Bonchev–Trinajstić information content (AvgIpc) is 2.38. The summed E-state index contributed by atoms with van der Waals surface area (Å²) in [5, 5.41) is 0. The summed E-state index contributed by atoms with van der Waals surface area (Å²) < 4.78 is 10.3. The molecule has 1 heterocycles. The van der Waals surface area contributed by atoms with Crippen LogP contribution in [-0.4, -0.2) is 56.9 Å². The van der Waals surface area contributed by atoms with E-state index in [0.29, 0.717) is 19.6 Å². The van der Waals surface area contributed by atoms with Crippen molar-refractivity contribution >= 4 is 5.91 Å². The summed E-state index contributed by atoms with van der Waals surface area (Å²) in [6.45, 7) is 1.90. The quantitative estimate of drug-likeness (QED) is 0.686. The molecule has 0 saturated carbocycles.